The van der Waals surface area contributed by atoms with E-state index in [1.54, 1.807) is 50.8 Å². The number of carbonyl (C=O) groups excluding carboxylic acids is 1. The zero-order valence-corrected chi connectivity index (χ0v) is 17.7. The number of rotatable bonds is 3. The van der Waals surface area contributed by atoms with Gasteiger partial charge in [-0.2, -0.15) is 4.31 Å². The third kappa shape index (κ3) is 5.49. The standard InChI is InChI=1S/C17H24Cl2N2O4S/c1-12-10-20(7-8-21(12)16(22)25-17(2,3)4)26(23,24)11-13-9-14(18)5-6-15(13)19/h5-6,9,12H,7-8,10-11H2,1-4H3/t12-/m0/s1. The van der Waals surface area contributed by atoms with Crippen molar-refractivity contribution in [2.45, 2.75) is 45.1 Å². The molecule has 0 spiro atoms. The zero-order chi connectivity index (χ0) is 19.7. The molecule has 0 saturated carbocycles. The van der Waals surface area contributed by atoms with E-state index in [1.807, 2.05) is 0 Å². The topological polar surface area (TPSA) is 66.9 Å². The summed E-state index contributed by atoms with van der Waals surface area (Å²) < 4.78 is 32.3. The molecule has 26 heavy (non-hydrogen) atoms. The lowest BCUT2D eigenvalue weighted by atomic mass is 10.2. The van der Waals surface area contributed by atoms with E-state index in [1.165, 1.54) is 4.31 Å². The summed E-state index contributed by atoms with van der Waals surface area (Å²) in [5, 5.41) is 0.793. The molecule has 9 heteroatoms. The van der Waals surface area contributed by atoms with Gasteiger partial charge < -0.3 is 9.64 Å². The van der Waals surface area contributed by atoms with Gasteiger partial charge in [-0.1, -0.05) is 23.2 Å². The minimum Gasteiger partial charge on any atom is -0.444 e. The van der Waals surface area contributed by atoms with Crippen LogP contribution in [0.2, 0.25) is 10.0 Å². The van der Waals surface area contributed by atoms with Crippen molar-refractivity contribution >= 4 is 39.3 Å². The molecular formula is C17H24Cl2N2O4S. The summed E-state index contributed by atoms with van der Waals surface area (Å²) in [5.74, 6) is -0.231. The van der Waals surface area contributed by atoms with Gasteiger partial charge in [0, 0.05) is 35.7 Å². The summed E-state index contributed by atoms with van der Waals surface area (Å²) >= 11 is 12.0. The Morgan fingerprint density at radius 1 is 1.27 bits per heavy atom. The van der Waals surface area contributed by atoms with Gasteiger partial charge in [-0.05, 0) is 51.5 Å². The molecule has 1 atom stereocenters. The van der Waals surface area contributed by atoms with Crippen LogP contribution in [0.5, 0.6) is 0 Å². The highest BCUT2D eigenvalue weighted by molar-refractivity contribution is 7.88. The summed E-state index contributed by atoms with van der Waals surface area (Å²) in [4.78, 5) is 13.8. The Labute approximate surface area is 165 Å². The Kier molecular flexibility index (Phi) is 6.48. The van der Waals surface area contributed by atoms with Crippen molar-refractivity contribution in [1.82, 2.24) is 9.21 Å². The van der Waals surface area contributed by atoms with Crippen LogP contribution in [0.15, 0.2) is 18.2 Å². The van der Waals surface area contributed by atoms with Crippen LogP contribution in [0, 0.1) is 0 Å². The number of benzene rings is 1. The number of ether oxygens (including phenoxy) is 1. The average Bonchev–Trinajstić information content (AvgIpc) is 2.48. The third-order valence-corrected chi connectivity index (χ3v) is 6.36. The van der Waals surface area contributed by atoms with E-state index in [-0.39, 0.29) is 31.4 Å². The van der Waals surface area contributed by atoms with Gasteiger partial charge in [0.2, 0.25) is 10.0 Å². The lowest BCUT2D eigenvalue weighted by molar-refractivity contribution is 0.00857. The van der Waals surface area contributed by atoms with Crippen molar-refractivity contribution in [1.29, 1.82) is 0 Å². The van der Waals surface area contributed by atoms with E-state index in [0.29, 0.717) is 15.6 Å². The Morgan fingerprint density at radius 3 is 2.50 bits per heavy atom. The second-order valence-electron chi connectivity index (χ2n) is 7.37. The van der Waals surface area contributed by atoms with Gasteiger partial charge in [0.25, 0.3) is 0 Å². The summed E-state index contributed by atoms with van der Waals surface area (Å²) in [7, 11) is -3.58. The van der Waals surface area contributed by atoms with Crippen LogP contribution in [0.1, 0.15) is 33.3 Å². The Balaban J connectivity index is 2.07. The van der Waals surface area contributed by atoms with Crippen molar-refractivity contribution < 1.29 is 17.9 Å². The second-order valence-corrected chi connectivity index (χ2v) is 10.2. The molecule has 1 aromatic rings. The molecular weight excluding hydrogens is 399 g/mol. The fourth-order valence-corrected chi connectivity index (χ4v) is 4.79. The zero-order valence-electron chi connectivity index (χ0n) is 15.3. The van der Waals surface area contributed by atoms with Gasteiger partial charge in [-0.3, -0.25) is 0 Å². The SMILES string of the molecule is C[C@H]1CN(S(=O)(=O)Cc2cc(Cl)ccc2Cl)CCN1C(=O)OC(C)(C)C. The highest BCUT2D eigenvalue weighted by Gasteiger charge is 2.35. The van der Waals surface area contributed by atoms with Gasteiger partial charge in [-0.15, -0.1) is 0 Å². The largest absolute Gasteiger partial charge is 0.444 e. The molecule has 2 rings (SSSR count). The molecule has 1 saturated heterocycles. The molecule has 1 aromatic carbocycles. The van der Waals surface area contributed by atoms with Gasteiger partial charge >= 0.3 is 6.09 Å². The molecule has 0 bridgehead atoms. The minimum absolute atomic E-state index is 0.208. The monoisotopic (exact) mass is 422 g/mol. The molecule has 1 heterocycles. The smallest absolute Gasteiger partial charge is 0.410 e. The van der Waals surface area contributed by atoms with Crippen LogP contribution in [0.4, 0.5) is 4.79 Å². The van der Waals surface area contributed by atoms with E-state index in [0.717, 1.165) is 0 Å². The molecule has 0 radical (unpaired) electrons. The quantitative estimate of drug-likeness (QED) is 0.743. The van der Waals surface area contributed by atoms with Crippen LogP contribution in [-0.4, -0.2) is 55.0 Å². The Morgan fingerprint density at radius 2 is 1.92 bits per heavy atom. The normalized spacial score (nSPS) is 19.5. The van der Waals surface area contributed by atoms with Crippen LogP contribution >= 0.6 is 23.2 Å². The van der Waals surface area contributed by atoms with Crippen LogP contribution in [0.25, 0.3) is 0 Å². The molecule has 1 aliphatic heterocycles. The maximum atomic E-state index is 12.8. The number of hydrogen-bond donors (Lipinski definition) is 0. The molecule has 1 aliphatic rings. The lowest BCUT2D eigenvalue weighted by Gasteiger charge is -2.39. The van der Waals surface area contributed by atoms with Crippen molar-refractivity contribution in [2.75, 3.05) is 19.6 Å². The van der Waals surface area contributed by atoms with E-state index in [9.17, 15) is 13.2 Å². The molecule has 0 aromatic heterocycles. The minimum atomic E-state index is -3.58. The predicted octanol–water partition coefficient (Wildman–Crippen LogP) is 3.76. The Bertz CT molecular complexity index is 777. The van der Waals surface area contributed by atoms with Crippen molar-refractivity contribution in [3.8, 4) is 0 Å². The molecule has 1 amide bonds. The first-order chi connectivity index (χ1) is 11.9. The third-order valence-electron chi connectivity index (χ3n) is 3.96. The maximum Gasteiger partial charge on any atom is 0.410 e. The highest BCUT2D eigenvalue weighted by Crippen LogP contribution is 2.25. The Hall–Kier alpha value is -1.02. The van der Waals surface area contributed by atoms with Crippen molar-refractivity contribution in [3.63, 3.8) is 0 Å². The number of sulfonamides is 1. The molecule has 0 aliphatic carbocycles. The van der Waals surface area contributed by atoms with Crippen LogP contribution < -0.4 is 0 Å². The molecule has 146 valence electrons. The summed E-state index contributed by atoms with van der Waals surface area (Å²) in [6, 6.07) is 4.46. The first-order valence-electron chi connectivity index (χ1n) is 8.30. The van der Waals surface area contributed by atoms with Gasteiger partial charge in [-0.25, -0.2) is 13.2 Å². The van der Waals surface area contributed by atoms with E-state index in [2.05, 4.69) is 0 Å². The van der Waals surface area contributed by atoms with Gasteiger partial charge in [0.1, 0.15) is 5.60 Å². The van der Waals surface area contributed by atoms with Crippen LogP contribution in [-0.2, 0) is 20.5 Å². The molecule has 1 fully saturated rings. The predicted molar refractivity (Wildman–Crippen MR) is 103 cm³/mol. The first kappa shape index (κ1) is 21.3. The van der Waals surface area contributed by atoms with E-state index >= 15 is 0 Å². The number of carbonyl (C=O) groups is 1. The number of amides is 1. The van der Waals surface area contributed by atoms with Crippen LogP contribution in [0.3, 0.4) is 0 Å². The van der Waals surface area contributed by atoms with Crippen molar-refractivity contribution in [3.05, 3.63) is 33.8 Å². The number of hydrogen-bond acceptors (Lipinski definition) is 4. The van der Waals surface area contributed by atoms with Gasteiger partial charge in [0.15, 0.2) is 0 Å². The molecule has 0 N–H and O–H groups in total. The van der Waals surface area contributed by atoms with Crippen molar-refractivity contribution in [2.24, 2.45) is 0 Å². The maximum absolute atomic E-state index is 12.8. The molecule has 6 nitrogen and oxygen atoms in total. The average molecular weight is 423 g/mol. The second kappa shape index (κ2) is 7.92. The fraction of sp³-hybridized carbons (Fsp3) is 0.588. The lowest BCUT2D eigenvalue weighted by Crippen LogP contribution is -2.56. The van der Waals surface area contributed by atoms with E-state index < -0.39 is 21.7 Å². The fourth-order valence-electron chi connectivity index (χ4n) is 2.71. The summed E-state index contributed by atoms with van der Waals surface area (Å²) in [6.07, 6.45) is -0.431. The summed E-state index contributed by atoms with van der Waals surface area (Å²) in [6.45, 7) is 7.89. The molecule has 0 unspecified atom stereocenters. The number of piperazine rings is 1. The summed E-state index contributed by atoms with van der Waals surface area (Å²) in [5.41, 5.74) is -0.134. The highest BCUT2D eigenvalue weighted by atomic mass is 35.5. The number of nitrogens with zero attached hydrogens (tertiary/aromatic N) is 2. The first-order valence-corrected chi connectivity index (χ1v) is 10.7. The number of halogens is 2. The van der Waals surface area contributed by atoms with E-state index in [4.69, 9.17) is 27.9 Å². The van der Waals surface area contributed by atoms with Gasteiger partial charge in [0.05, 0.1) is 5.75 Å².